The maximum atomic E-state index is 13.1. The number of carbonyl (C=O) groups is 2. The zero-order valence-corrected chi connectivity index (χ0v) is 18.5. The van der Waals surface area contributed by atoms with Crippen LogP contribution < -0.4 is 0 Å². The minimum absolute atomic E-state index is 0.0154. The van der Waals surface area contributed by atoms with Crippen LogP contribution in [0.5, 0.6) is 0 Å². The van der Waals surface area contributed by atoms with Crippen LogP contribution in [0, 0.1) is 0 Å². The molecular weight excluding hydrogens is 440 g/mol. The molecule has 0 fully saturated rings. The van der Waals surface area contributed by atoms with Gasteiger partial charge >= 0.3 is 5.97 Å². The summed E-state index contributed by atoms with van der Waals surface area (Å²) < 4.78 is 2.16. The summed E-state index contributed by atoms with van der Waals surface area (Å²) in [5.74, 6) is -0.963. The van der Waals surface area contributed by atoms with Gasteiger partial charge in [-0.3, -0.25) is 4.79 Å². The highest BCUT2D eigenvalue weighted by atomic mass is 35.5. The number of hydrogen-bond donors (Lipinski definition) is 1. The van der Waals surface area contributed by atoms with Crippen molar-refractivity contribution in [2.75, 3.05) is 6.54 Å². The molecule has 0 radical (unpaired) electrons. The van der Waals surface area contributed by atoms with Crippen LogP contribution in [0.1, 0.15) is 32.7 Å². The molecule has 4 aromatic rings. The average Bonchev–Trinajstić information content (AvgIpc) is 3.14. The minimum atomic E-state index is -0.978. The van der Waals surface area contributed by atoms with E-state index in [1.165, 1.54) is 17.7 Å². The van der Waals surface area contributed by atoms with Crippen molar-refractivity contribution in [3.05, 3.63) is 94.0 Å². The molecule has 0 spiro atoms. The van der Waals surface area contributed by atoms with Gasteiger partial charge in [-0.2, -0.15) is 0 Å². The van der Waals surface area contributed by atoms with Crippen molar-refractivity contribution >= 4 is 34.5 Å². The lowest BCUT2D eigenvalue weighted by Gasteiger charge is -2.28. The maximum Gasteiger partial charge on any atom is 0.335 e. The Morgan fingerprint density at radius 1 is 1.03 bits per heavy atom. The third-order valence-corrected chi connectivity index (χ3v) is 6.28. The highest BCUT2D eigenvalue weighted by molar-refractivity contribution is 6.29. The van der Waals surface area contributed by atoms with Crippen LogP contribution in [0.3, 0.4) is 0 Å². The number of carboxylic acid groups (broad SMARTS) is 1. The van der Waals surface area contributed by atoms with E-state index in [1.54, 1.807) is 30.6 Å². The zero-order valence-electron chi connectivity index (χ0n) is 17.7. The van der Waals surface area contributed by atoms with Gasteiger partial charge in [0, 0.05) is 30.0 Å². The molecule has 0 aliphatic carbocycles. The summed E-state index contributed by atoms with van der Waals surface area (Å²) in [7, 11) is 0. The van der Waals surface area contributed by atoms with E-state index in [1.807, 2.05) is 17.0 Å². The van der Waals surface area contributed by atoms with Crippen LogP contribution in [0.2, 0.25) is 5.15 Å². The van der Waals surface area contributed by atoms with Gasteiger partial charge in [-0.05, 0) is 53.4 Å². The standard InChI is InChI=1S/C25H21ClN4O3/c26-22-8-5-17(13-28-22)14-30-21-15-29(11-9-19(21)20-2-1-10-27-24(20)30)23(31)12-16-3-6-18(7-4-16)25(32)33/h1-8,10,13H,9,11-12,14-15H2,(H,32,33). The molecule has 7 nitrogen and oxygen atoms in total. The number of aromatic nitrogens is 3. The molecule has 0 saturated carbocycles. The largest absolute Gasteiger partial charge is 0.478 e. The molecule has 0 saturated heterocycles. The van der Waals surface area contributed by atoms with Gasteiger partial charge in [0.15, 0.2) is 0 Å². The smallest absolute Gasteiger partial charge is 0.335 e. The molecule has 0 bridgehead atoms. The predicted octanol–water partition coefficient (Wildman–Crippen LogP) is 3.96. The van der Waals surface area contributed by atoms with Crippen LogP contribution in [0.15, 0.2) is 60.9 Å². The fourth-order valence-electron chi connectivity index (χ4n) is 4.38. The molecule has 1 aliphatic rings. The van der Waals surface area contributed by atoms with E-state index >= 15 is 0 Å². The van der Waals surface area contributed by atoms with Crippen molar-refractivity contribution in [1.82, 2.24) is 19.4 Å². The Hall–Kier alpha value is -3.71. The molecule has 4 heterocycles. The van der Waals surface area contributed by atoms with Crippen LogP contribution in [-0.2, 0) is 30.7 Å². The van der Waals surface area contributed by atoms with Crippen LogP contribution in [-0.4, -0.2) is 43.0 Å². The molecule has 1 aliphatic heterocycles. The normalized spacial score (nSPS) is 13.2. The van der Waals surface area contributed by atoms with Crippen molar-refractivity contribution in [3.8, 4) is 0 Å². The van der Waals surface area contributed by atoms with E-state index in [9.17, 15) is 9.59 Å². The first-order valence-electron chi connectivity index (χ1n) is 10.6. The third-order valence-electron chi connectivity index (χ3n) is 6.05. The number of pyridine rings is 2. The predicted molar refractivity (Wildman–Crippen MR) is 124 cm³/mol. The van der Waals surface area contributed by atoms with E-state index in [4.69, 9.17) is 16.7 Å². The van der Waals surface area contributed by atoms with Gasteiger partial charge < -0.3 is 14.6 Å². The van der Waals surface area contributed by atoms with Crippen molar-refractivity contribution in [2.24, 2.45) is 0 Å². The monoisotopic (exact) mass is 460 g/mol. The van der Waals surface area contributed by atoms with Gasteiger partial charge in [0.05, 0.1) is 25.1 Å². The van der Waals surface area contributed by atoms with Gasteiger partial charge in [-0.1, -0.05) is 29.8 Å². The van der Waals surface area contributed by atoms with Gasteiger partial charge in [0.2, 0.25) is 5.91 Å². The Morgan fingerprint density at radius 2 is 1.82 bits per heavy atom. The number of carboxylic acids is 1. The SMILES string of the molecule is O=C(O)c1ccc(CC(=O)N2CCc3c(n(Cc4ccc(Cl)nc4)c4ncccc34)C2)cc1. The number of carbonyl (C=O) groups excluding carboxylic acids is 1. The molecule has 5 rings (SSSR count). The molecule has 8 heteroatoms. The maximum absolute atomic E-state index is 13.1. The lowest BCUT2D eigenvalue weighted by molar-refractivity contribution is -0.131. The number of hydrogen-bond acceptors (Lipinski definition) is 4. The summed E-state index contributed by atoms with van der Waals surface area (Å²) in [6.45, 7) is 1.72. The number of aromatic carboxylic acids is 1. The quantitative estimate of drug-likeness (QED) is 0.455. The second-order valence-electron chi connectivity index (χ2n) is 8.12. The minimum Gasteiger partial charge on any atom is -0.478 e. The summed E-state index contributed by atoms with van der Waals surface area (Å²) in [5, 5.41) is 10.6. The zero-order chi connectivity index (χ0) is 22.9. The third kappa shape index (κ3) is 4.19. The number of fused-ring (bicyclic) bond motifs is 3. The van der Waals surface area contributed by atoms with Crippen LogP contribution >= 0.6 is 11.6 Å². The van der Waals surface area contributed by atoms with Gasteiger partial charge in [0.1, 0.15) is 10.8 Å². The molecule has 3 aromatic heterocycles. The Balaban J connectivity index is 1.42. The van der Waals surface area contributed by atoms with Crippen molar-refractivity contribution in [1.29, 1.82) is 0 Å². The van der Waals surface area contributed by atoms with Crippen molar-refractivity contribution in [3.63, 3.8) is 0 Å². The summed E-state index contributed by atoms with van der Waals surface area (Å²) >= 11 is 5.95. The molecule has 33 heavy (non-hydrogen) atoms. The summed E-state index contributed by atoms with van der Waals surface area (Å²) in [6.07, 6.45) is 4.53. The molecule has 0 atom stereocenters. The summed E-state index contributed by atoms with van der Waals surface area (Å²) in [4.78, 5) is 34.8. The molecule has 1 N–H and O–H groups in total. The second-order valence-corrected chi connectivity index (χ2v) is 8.51. The number of benzene rings is 1. The van der Waals surface area contributed by atoms with E-state index in [0.717, 1.165) is 34.3 Å². The second kappa shape index (κ2) is 8.67. The van der Waals surface area contributed by atoms with Gasteiger partial charge in [0.25, 0.3) is 0 Å². The van der Waals surface area contributed by atoms with Crippen LogP contribution in [0.25, 0.3) is 11.0 Å². The topological polar surface area (TPSA) is 88.3 Å². The first-order valence-corrected chi connectivity index (χ1v) is 11.0. The average molecular weight is 461 g/mol. The molecule has 1 aromatic carbocycles. The number of nitrogens with zero attached hydrogens (tertiary/aromatic N) is 4. The Morgan fingerprint density at radius 3 is 2.55 bits per heavy atom. The number of rotatable bonds is 5. The molecule has 0 unspecified atom stereocenters. The fraction of sp³-hybridized carbons (Fsp3) is 0.200. The van der Waals surface area contributed by atoms with E-state index in [-0.39, 0.29) is 17.9 Å². The highest BCUT2D eigenvalue weighted by Crippen LogP contribution is 2.31. The Bertz CT molecular complexity index is 1350. The summed E-state index contributed by atoms with van der Waals surface area (Å²) in [6, 6.07) is 14.2. The number of halogens is 1. The van der Waals surface area contributed by atoms with Gasteiger partial charge in [-0.15, -0.1) is 0 Å². The van der Waals surface area contributed by atoms with Crippen molar-refractivity contribution < 1.29 is 14.7 Å². The molecular formula is C25H21ClN4O3. The lowest BCUT2D eigenvalue weighted by Crippen LogP contribution is -2.37. The van der Waals surface area contributed by atoms with Gasteiger partial charge in [-0.25, -0.2) is 14.8 Å². The first-order chi connectivity index (χ1) is 16.0. The van der Waals surface area contributed by atoms with Crippen molar-refractivity contribution in [2.45, 2.75) is 25.9 Å². The lowest BCUT2D eigenvalue weighted by atomic mass is 10.0. The van der Waals surface area contributed by atoms with E-state index < -0.39 is 5.97 Å². The first kappa shape index (κ1) is 21.2. The van der Waals surface area contributed by atoms with E-state index in [2.05, 4.69) is 20.6 Å². The molecule has 1 amide bonds. The fourth-order valence-corrected chi connectivity index (χ4v) is 4.49. The number of amides is 1. The Kier molecular flexibility index (Phi) is 5.56. The molecule has 166 valence electrons. The highest BCUT2D eigenvalue weighted by Gasteiger charge is 2.27. The van der Waals surface area contributed by atoms with Crippen LogP contribution in [0.4, 0.5) is 0 Å². The summed E-state index contributed by atoms with van der Waals surface area (Å²) in [5.41, 5.74) is 5.23. The van der Waals surface area contributed by atoms with E-state index in [0.29, 0.717) is 24.8 Å². The Labute approximate surface area is 195 Å².